The summed E-state index contributed by atoms with van der Waals surface area (Å²) in [7, 11) is 0. The lowest BCUT2D eigenvalue weighted by molar-refractivity contribution is -0.0954. The number of ether oxygens (including phenoxy) is 1. The Bertz CT molecular complexity index is 517. The number of hydrogen-bond donors (Lipinski definition) is 2. The number of nitrogens with one attached hydrogen (secondary N) is 1. The van der Waals surface area contributed by atoms with E-state index < -0.39 is 6.29 Å². The van der Waals surface area contributed by atoms with Gasteiger partial charge in [0.15, 0.2) is 6.29 Å². The highest BCUT2D eigenvalue weighted by Gasteiger charge is 2.11. The lowest BCUT2D eigenvalue weighted by Crippen LogP contribution is -2.00. The molecule has 2 N–H and O–H groups in total. The maximum Gasteiger partial charge on any atom is 0.249 e. The molecule has 0 fully saturated rings. The molecule has 0 saturated carbocycles. The molecule has 0 aliphatic heterocycles. The maximum atomic E-state index is 11.0. The fourth-order valence-electron chi connectivity index (χ4n) is 1.33. The van der Waals surface area contributed by atoms with Crippen LogP contribution in [0.5, 0.6) is 0 Å². The molecule has 0 aromatic carbocycles. The maximum absolute atomic E-state index is 11.0. The molecule has 0 aliphatic carbocycles. The summed E-state index contributed by atoms with van der Waals surface area (Å²) in [6.07, 6.45) is -0.907. The predicted molar refractivity (Wildman–Crippen MR) is 59.0 cm³/mol. The molecule has 2 aromatic rings. The molecule has 0 aliphatic rings. The first-order chi connectivity index (χ1) is 7.20. The number of aromatic nitrogens is 1. The zero-order valence-corrected chi connectivity index (χ0v) is 9.00. The largest absolute Gasteiger partial charge is 0.364 e. The minimum absolute atomic E-state index is 0.137. The van der Waals surface area contributed by atoms with Crippen molar-refractivity contribution in [2.24, 2.45) is 0 Å². The molecule has 15 heavy (non-hydrogen) atoms. The Labute approximate surface area is 90.1 Å². The van der Waals surface area contributed by atoms with Crippen LogP contribution in [-0.4, -0.2) is 16.7 Å². The quantitative estimate of drug-likeness (QED) is 0.780. The van der Waals surface area contributed by atoms with E-state index in [0.29, 0.717) is 11.5 Å². The van der Waals surface area contributed by atoms with Crippen molar-refractivity contribution in [3.63, 3.8) is 0 Å². The molecule has 2 heterocycles. The van der Waals surface area contributed by atoms with Crippen molar-refractivity contribution >= 4 is 21.6 Å². The average molecular weight is 225 g/mol. The van der Waals surface area contributed by atoms with Gasteiger partial charge < -0.3 is 14.8 Å². The number of aliphatic hydroxyl groups is 1. The van der Waals surface area contributed by atoms with E-state index in [2.05, 4.69) is 4.98 Å². The van der Waals surface area contributed by atoms with Crippen LogP contribution in [0.4, 0.5) is 0 Å². The predicted octanol–water partition coefficient (Wildman–Crippen LogP) is 1.62. The summed E-state index contributed by atoms with van der Waals surface area (Å²) >= 11 is 1.33. The van der Waals surface area contributed by atoms with Gasteiger partial charge in [0.1, 0.15) is 4.83 Å². The van der Waals surface area contributed by atoms with Gasteiger partial charge in [-0.25, -0.2) is 0 Å². The standard InChI is InChI=1S/C10H11NO3S/c1-2-14-10(13)7-5-6-3-4-8(12)11-9(6)15-7/h3-5,10,13H,2H2,1H3,(H,11,12). The van der Waals surface area contributed by atoms with Gasteiger partial charge in [-0.3, -0.25) is 4.79 Å². The molecule has 1 atom stereocenters. The molecule has 2 aromatic heterocycles. The van der Waals surface area contributed by atoms with E-state index in [0.717, 1.165) is 10.2 Å². The average Bonchev–Trinajstić information content (AvgIpc) is 2.60. The summed E-state index contributed by atoms with van der Waals surface area (Å²) in [5.74, 6) is 0. The topological polar surface area (TPSA) is 62.3 Å². The fraction of sp³-hybridized carbons (Fsp3) is 0.300. The van der Waals surface area contributed by atoms with E-state index in [-0.39, 0.29) is 5.56 Å². The zero-order chi connectivity index (χ0) is 10.8. The highest BCUT2D eigenvalue weighted by atomic mass is 32.1. The first-order valence-corrected chi connectivity index (χ1v) is 5.45. The minimum Gasteiger partial charge on any atom is -0.364 e. The number of aliphatic hydroxyl groups excluding tert-OH is 1. The van der Waals surface area contributed by atoms with Crippen LogP contribution in [0.2, 0.25) is 0 Å². The second kappa shape index (κ2) is 4.14. The summed E-state index contributed by atoms with van der Waals surface area (Å²) in [4.78, 5) is 15.2. The third kappa shape index (κ3) is 2.09. The van der Waals surface area contributed by atoms with Crippen molar-refractivity contribution in [2.75, 3.05) is 6.61 Å². The van der Waals surface area contributed by atoms with Gasteiger partial charge in [-0.05, 0) is 19.1 Å². The molecule has 1 unspecified atom stereocenters. The molecule has 0 bridgehead atoms. The molecule has 80 valence electrons. The minimum atomic E-state index is -0.907. The monoisotopic (exact) mass is 225 g/mol. The normalized spacial score (nSPS) is 13.2. The Morgan fingerprint density at radius 3 is 3.13 bits per heavy atom. The molecular formula is C10H11NO3S. The Morgan fingerprint density at radius 1 is 1.60 bits per heavy atom. The number of aromatic amines is 1. The number of fused-ring (bicyclic) bond motifs is 1. The summed E-state index contributed by atoms with van der Waals surface area (Å²) < 4.78 is 5.06. The Hall–Kier alpha value is -1.17. The van der Waals surface area contributed by atoms with E-state index >= 15 is 0 Å². The van der Waals surface area contributed by atoms with Gasteiger partial charge in [-0.1, -0.05) is 0 Å². The first kappa shape index (κ1) is 10.4. The molecule has 5 heteroatoms. The van der Waals surface area contributed by atoms with E-state index in [9.17, 15) is 9.90 Å². The Morgan fingerprint density at radius 2 is 2.40 bits per heavy atom. The number of rotatable bonds is 3. The van der Waals surface area contributed by atoms with Crippen molar-refractivity contribution in [2.45, 2.75) is 13.2 Å². The molecule has 4 nitrogen and oxygen atoms in total. The van der Waals surface area contributed by atoms with E-state index in [1.165, 1.54) is 17.4 Å². The van der Waals surface area contributed by atoms with Crippen LogP contribution >= 0.6 is 11.3 Å². The summed E-state index contributed by atoms with van der Waals surface area (Å²) in [5.41, 5.74) is -0.137. The highest BCUT2D eigenvalue weighted by Crippen LogP contribution is 2.28. The molecule has 0 radical (unpaired) electrons. The van der Waals surface area contributed by atoms with Gasteiger partial charge >= 0.3 is 0 Å². The van der Waals surface area contributed by atoms with Crippen LogP contribution < -0.4 is 5.56 Å². The first-order valence-electron chi connectivity index (χ1n) is 4.63. The second-order valence-corrected chi connectivity index (χ2v) is 4.15. The molecule has 0 spiro atoms. The van der Waals surface area contributed by atoms with Crippen molar-refractivity contribution in [3.05, 3.63) is 33.4 Å². The summed E-state index contributed by atoms with van der Waals surface area (Å²) in [6.45, 7) is 2.27. The van der Waals surface area contributed by atoms with E-state index in [1.807, 2.05) is 13.0 Å². The van der Waals surface area contributed by atoms with Crippen LogP contribution in [-0.2, 0) is 4.74 Å². The second-order valence-electron chi connectivity index (χ2n) is 3.06. The van der Waals surface area contributed by atoms with Crippen LogP contribution in [0.25, 0.3) is 10.2 Å². The van der Waals surface area contributed by atoms with Gasteiger partial charge in [0, 0.05) is 18.1 Å². The van der Waals surface area contributed by atoms with Gasteiger partial charge in [-0.15, -0.1) is 11.3 Å². The van der Waals surface area contributed by atoms with Crippen molar-refractivity contribution < 1.29 is 9.84 Å². The van der Waals surface area contributed by atoms with E-state index in [4.69, 9.17) is 4.74 Å². The Balaban J connectivity index is 2.42. The van der Waals surface area contributed by atoms with Crippen LogP contribution in [0.15, 0.2) is 23.0 Å². The molecule has 2 rings (SSSR count). The molecule has 0 amide bonds. The molecule has 0 saturated heterocycles. The van der Waals surface area contributed by atoms with Crippen molar-refractivity contribution in [1.82, 2.24) is 4.98 Å². The highest BCUT2D eigenvalue weighted by molar-refractivity contribution is 7.18. The smallest absolute Gasteiger partial charge is 0.249 e. The van der Waals surface area contributed by atoms with Crippen molar-refractivity contribution in [3.8, 4) is 0 Å². The SMILES string of the molecule is CCOC(O)c1cc2ccc(=O)[nH]c2s1. The number of thiophene rings is 1. The summed E-state index contributed by atoms with van der Waals surface area (Å²) in [6, 6.07) is 5.01. The van der Waals surface area contributed by atoms with Gasteiger partial charge in [0.25, 0.3) is 0 Å². The number of hydrogen-bond acceptors (Lipinski definition) is 4. The van der Waals surface area contributed by atoms with Crippen LogP contribution in [0.1, 0.15) is 18.1 Å². The Kier molecular flexibility index (Phi) is 2.86. The third-order valence-electron chi connectivity index (χ3n) is 2.00. The van der Waals surface area contributed by atoms with Crippen LogP contribution in [0, 0.1) is 0 Å². The summed E-state index contributed by atoms with van der Waals surface area (Å²) in [5, 5.41) is 10.5. The van der Waals surface area contributed by atoms with Gasteiger partial charge in [0.05, 0.1) is 4.88 Å². The zero-order valence-electron chi connectivity index (χ0n) is 8.19. The fourth-order valence-corrected chi connectivity index (χ4v) is 2.31. The van der Waals surface area contributed by atoms with Crippen molar-refractivity contribution in [1.29, 1.82) is 0 Å². The van der Waals surface area contributed by atoms with Crippen LogP contribution in [0.3, 0.4) is 0 Å². The number of H-pyrrole nitrogens is 1. The molecular weight excluding hydrogens is 214 g/mol. The lowest BCUT2D eigenvalue weighted by atomic mass is 10.3. The third-order valence-corrected chi connectivity index (χ3v) is 3.10. The van der Waals surface area contributed by atoms with Gasteiger partial charge in [0.2, 0.25) is 5.56 Å². The lowest BCUT2D eigenvalue weighted by Gasteiger charge is -2.06. The number of pyridine rings is 1. The van der Waals surface area contributed by atoms with E-state index in [1.54, 1.807) is 6.07 Å². The van der Waals surface area contributed by atoms with Gasteiger partial charge in [-0.2, -0.15) is 0 Å².